The van der Waals surface area contributed by atoms with Crippen molar-refractivity contribution < 1.29 is 4.39 Å². The Morgan fingerprint density at radius 1 is 1.21 bits per heavy atom. The molecule has 0 unspecified atom stereocenters. The summed E-state index contributed by atoms with van der Waals surface area (Å²) in [5.74, 6) is -0.218. The predicted octanol–water partition coefficient (Wildman–Crippen LogP) is 3.05. The van der Waals surface area contributed by atoms with E-state index in [9.17, 15) is 4.39 Å². The first-order valence-corrected chi connectivity index (χ1v) is 9.04. The largest absolute Gasteiger partial charge is 0.363 e. The van der Waals surface area contributed by atoms with E-state index in [1.54, 1.807) is 0 Å². The highest BCUT2D eigenvalue weighted by molar-refractivity contribution is 7.80. The zero-order valence-electron chi connectivity index (χ0n) is 14.5. The van der Waals surface area contributed by atoms with Gasteiger partial charge in [-0.05, 0) is 68.5 Å². The predicted molar refractivity (Wildman–Crippen MR) is 103 cm³/mol. The quantitative estimate of drug-likeness (QED) is 0.480. The van der Waals surface area contributed by atoms with Gasteiger partial charge < -0.3 is 20.5 Å². The van der Waals surface area contributed by atoms with E-state index in [4.69, 9.17) is 12.2 Å². The summed E-state index contributed by atoms with van der Waals surface area (Å²) in [6, 6.07) is 4.84. The van der Waals surface area contributed by atoms with Crippen LogP contribution in [0.4, 0.5) is 4.39 Å². The standard InChI is InChI=1S/C18H27FN4S/c1-3-23(4-2)11-5-9-20-18(24)21-10-8-14-13-22-17-12-15(19)6-7-16(14)17/h6-7,12-13,22H,3-5,8-11H2,1-2H3,(H2,20,21,24). The van der Waals surface area contributed by atoms with Crippen molar-refractivity contribution in [2.45, 2.75) is 26.7 Å². The number of thiocarbonyl (C=S) groups is 1. The van der Waals surface area contributed by atoms with E-state index < -0.39 is 0 Å². The Kier molecular flexibility index (Phi) is 7.46. The van der Waals surface area contributed by atoms with Crippen molar-refractivity contribution in [2.75, 3.05) is 32.7 Å². The third-order valence-corrected chi connectivity index (χ3v) is 4.53. The number of hydrogen-bond acceptors (Lipinski definition) is 2. The molecule has 1 aromatic carbocycles. The molecule has 24 heavy (non-hydrogen) atoms. The molecule has 1 aromatic heterocycles. The summed E-state index contributed by atoms with van der Waals surface area (Å²) >= 11 is 5.30. The van der Waals surface area contributed by atoms with Gasteiger partial charge >= 0.3 is 0 Å². The second-order valence-corrected chi connectivity index (χ2v) is 6.23. The fourth-order valence-electron chi connectivity index (χ4n) is 2.78. The number of benzene rings is 1. The van der Waals surface area contributed by atoms with E-state index in [1.165, 1.54) is 17.7 Å². The Morgan fingerprint density at radius 3 is 2.71 bits per heavy atom. The van der Waals surface area contributed by atoms with Crippen LogP contribution in [-0.2, 0) is 6.42 Å². The molecule has 1 heterocycles. The second-order valence-electron chi connectivity index (χ2n) is 5.82. The van der Waals surface area contributed by atoms with Crippen LogP contribution in [0.3, 0.4) is 0 Å². The van der Waals surface area contributed by atoms with Crippen molar-refractivity contribution in [3.63, 3.8) is 0 Å². The molecule has 0 fully saturated rings. The van der Waals surface area contributed by atoms with Crippen molar-refractivity contribution in [3.05, 3.63) is 35.8 Å². The van der Waals surface area contributed by atoms with Crippen molar-refractivity contribution in [3.8, 4) is 0 Å². The highest BCUT2D eigenvalue weighted by Crippen LogP contribution is 2.19. The molecule has 2 aromatic rings. The van der Waals surface area contributed by atoms with E-state index in [-0.39, 0.29) is 5.82 Å². The maximum absolute atomic E-state index is 13.2. The average Bonchev–Trinajstić information content (AvgIpc) is 2.97. The fraction of sp³-hybridized carbons (Fsp3) is 0.500. The fourth-order valence-corrected chi connectivity index (χ4v) is 2.99. The van der Waals surface area contributed by atoms with Crippen LogP contribution in [0.25, 0.3) is 10.9 Å². The van der Waals surface area contributed by atoms with Gasteiger partial charge in [-0.25, -0.2) is 4.39 Å². The van der Waals surface area contributed by atoms with Crippen molar-refractivity contribution in [1.82, 2.24) is 20.5 Å². The minimum Gasteiger partial charge on any atom is -0.363 e. The Hall–Kier alpha value is -1.66. The minimum atomic E-state index is -0.218. The Morgan fingerprint density at radius 2 is 1.96 bits per heavy atom. The van der Waals surface area contributed by atoms with E-state index in [0.29, 0.717) is 5.11 Å². The number of aromatic amines is 1. The number of H-pyrrole nitrogens is 1. The van der Waals surface area contributed by atoms with Gasteiger partial charge in [0.05, 0.1) is 0 Å². The number of fused-ring (bicyclic) bond motifs is 1. The number of rotatable bonds is 9. The summed E-state index contributed by atoms with van der Waals surface area (Å²) < 4.78 is 13.2. The lowest BCUT2D eigenvalue weighted by Gasteiger charge is -2.18. The summed E-state index contributed by atoms with van der Waals surface area (Å²) in [7, 11) is 0. The van der Waals surface area contributed by atoms with Gasteiger partial charge in [0, 0.05) is 30.2 Å². The SMILES string of the molecule is CCN(CC)CCCNC(=S)NCCc1c[nH]c2cc(F)ccc12. The normalized spacial score (nSPS) is 11.2. The molecule has 4 nitrogen and oxygen atoms in total. The highest BCUT2D eigenvalue weighted by atomic mass is 32.1. The van der Waals surface area contributed by atoms with Gasteiger partial charge in [-0.3, -0.25) is 0 Å². The zero-order chi connectivity index (χ0) is 17.4. The number of nitrogens with one attached hydrogen (secondary N) is 3. The van der Waals surface area contributed by atoms with Crippen LogP contribution in [0, 0.1) is 5.82 Å². The summed E-state index contributed by atoms with van der Waals surface area (Å²) in [4.78, 5) is 5.51. The van der Waals surface area contributed by atoms with E-state index in [0.717, 1.165) is 56.5 Å². The van der Waals surface area contributed by atoms with Crippen LogP contribution in [0.5, 0.6) is 0 Å². The summed E-state index contributed by atoms with van der Waals surface area (Å²) in [5.41, 5.74) is 2.00. The smallest absolute Gasteiger partial charge is 0.166 e. The minimum absolute atomic E-state index is 0.218. The lowest BCUT2D eigenvalue weighted by atomic mass is 10.1. The molecular weight excluding hydrogens is 323 g/mol. The molecule has 0 aliphatic carbocycles. The molecule has 0 atom stereocenters. The van der Waals surface area contributed by atoms with Gasteiger partial charge in [0.2, 0.25) is 0 Å². The summed E-state index contributed by atoms with van der Waals surface area (Å²) in [6.45, 7) is 9.28. The summed E-state index contributed by atoms with van der Waals surface area (Å²) in [6.07, 6.45) is 3.86. The molecule has 0 aliphatic rings. The monoisotopic (exact) mass is 350 g/mol. The molecule has 132 valence electrons. The van der Waals surface area contributed by atoms with Crippen LogP contribution in [-0.4, -0.2) is 47.7 Å². The first kappa shape index (κ1) is 18.7. The molecule has 3 N–H and O–H groups in total. The van der Waals surface area contributed by atoms with Crippen molar-refractivity contribution >= 4 is 28.2 Å². The first-order chi connectivity index (χ1) is 11.6. The summed E-state index contributed by atoms with van der Waals surface area (Å²) in [5, 5.41) is 8.24. The van der Waals surface area contributed by atoms with Crippen LogP contribution in [0.1, 0.15) is 25.8 Å². The molecule has 0 amide bonds. The maximum Gasteiger partial charge on any atom is 0.166 e. The van der Waals surface area contributed by atoms with Gasteiger partial charge in [0.25, 0.3) is 0 Å². The van der Waals surface area contributed by atoms with Gasteiger partial charge in [-0.15, -0.1) is 0 Å². The number of hydrogen-bond donors (Lipinski definition) is 3. The molecule has 0 saturated heterocycles. The zero-order valence-corrected chi connectivity index (χ0v) is 15.3. The number of halogens is 1. The number of aromatic nitrogens is 1. The third-order valence-electron chi connectivity index (χ3n) is 4.24. The number of nitrogens with zero attached hydrogens (tertiary/aromatic N) is 1. The highest BCUT2D eigenvalue weighted by Gasteiger charge is 2.05. The topological polar surface area (TPSA) is 43.1 Å². The Balaban J connectivity index is 1.67. The van der Waals surface area contributed by atoms with Crippen LogP contribution in [0.15, 0.2) is 24.4 Å². The molecule has 0 bridgehead atoms. The molecule has 6 heteroatoms. The van der Waals surface area contributed by atoms with Crippen LogP contribution in [0.2, 0.25) is 0 Å². The molecule has 0 spiro atoms. The molecule has 0 saturated carbocycles. The third kappa shape index (κ3) is 5.46. The van der Waals surface area contributed by atoms with E-state index in [2.05, 4.69) is 34.4 Å². The van der Waals surface area contributed by atoms with Gasteiger partial charge in [-0.2, -0.15) is 0 Å². The van der Waals surface area contributed by atoms with Crippen LogP contribution >= 0.6 is 12.2 Å². The molecule has 0 radical (unpaired) electrons. The first-order valence-electron chi connectivity index (χ1n) is 8.63. The maximum atomic E-state index is 13.2. The van der Waals surface area contributed by atoms with Crippen molar-refractivity contribution in [1.29, 1.82) is 0 Å². The van der Waals surface area contributed by atoms with Gasteiger partial charge in [-0.1, -0.05) is 13.8 Å². The molecular formula is C18H27FN4S. The second kappa shape index (κ2) is 9.59. The molecule has 0 aliphatic heterocycles. The average molecular weight is 351 g/mol. The van der Waals surface area contributed by atoms with E-state index in [1.807, 2.05) is 12.3 Å². The lowest BCUT2D eigenvalue weighted by molar-refractivity contribution is 0.300. The molecule has 2 rings (SSSR count). The Labute approximate surface area is 148 Å². The van der Waals surface area contributed by atoms with Crippen molar-refractivity contribution in [2.24, 2.45) is 0 Å². The lowest BCUT2D eigenvalue weighted by Crippen LogP contribution is -2.38. The van der Waals surface area contributed by atoms with E-state index >= 15 is 0 Å². The van der Waals surface area contributed by atoms with Gasteiger partial charge in [0.15, 0.2) is 5.11 Å². The van der Waals surface area contributed by atoms with Gasteiger partial charge in [0.1, 0.15) is 5.82 Å². The van der Waals surface area contributed by atoms with Crippen LogP contribution < -0.4 is 10.6 Å². The Bertz CT molecular complexity index is 652.